The molecule has 0 saturated heterocycles. The first-order valence-electron chi connectivity index (χ1n) is 23.3. The van der Waals surface area contributed by atoms with Gasteiger partial charge in [0.25, 0.3) is 0 Å². The van der Waals surface area contributed by atoms with Gasteiger partial charge in [0.1, 0.15) is 11.2 Å². The van der Waals surface area contributed by atoms with E-state index in [-0.39, 0.29) is 5.41 Å². The number of anilines is 6. The maximum atomic E-state index is 6.53. The maximum absolute atomic E-state index is 6.53. The normalized spacial score (nSPS) is 13.8. The van der Waals surface area contributed by atoms with Gasteiger partial charge in [0.15, 0.2) is 0 Å². The van der Waals surface area contributed by atoms with Crippen molar-refractivity contribution in [1.29, 1.82) is 0 Å². The van der Waals surface area contributed by atoms with E-state index in [1.54, 1.807) is 0 Å². The molecule has 2 aliphatic rings. The summed E-state index contributed by atoms with van der Waals surface area (Å²) in [5.41, 5.74) is 20.5. The molecule has 0 atom stereocenters. The zero-order valence-electron chi connectivity index (χ0n) is 37.4. The van der Waals surface area contributed by atoms with Crippen LogP contribution in [0.1, 0.15) is 47.2 Å². The number of furan rings is 1. The fraction of sp³-hybridized carbons (Fsp3) is 0.0625. The summed E-state index contributed by atoms with van der Waals surface area (Å²) in [7, 11) is 0. The summed E-state index contributed by atoms with van der Waals surface area (Å²) in [6.07, 6.45) is 0. The fourth-order valence-electron chi connectivity index (χ4n) is 11.6. The highest BCUT2D eigenvalue weighted by Gasteiger charge is 2.46. The number of rotatable bonds is 8. The van der Waals surface area contributed by atoms with Gasteiger partial charge < -0.3 is 14.2 Å². The Morgan fingerprint density at radius 1 is 0.328 bits per heavy atom. The van der Waals surface area contributed by atoms with Gasteiger partial charge >= 0.3 is 0 Å². The summed E-state index contributed by atoms with van der Waals surface area (Å²) < 4.78 is 6.53. The Balaban J connectivity index is 0.990. The number of benzene rings is 10. The summed E-state index contributed by atoms with van der Waals surface area (Å²) >= 11 is 0. The van der Waals surface area contributed by atoms with Crippen molar-refractivity contribution in [2.75, 3.05) is 9.80 Å². The molecule has 1 aromatic heterocycles. The lowest BCUT2D eigenvalue weighted by molar-refractivity contribution is 0.660. The summed E-state index contributed by atoms with van der Waals surface area (Å²) in [5.74, 6) is 0. The van der Waals surface area contributed by atoms with E-state index < -0.39 is 5.41 Å². The molecular formula is C64H46N2O. The van der Waals surface area contributed by atoms with Crippen LogP contribution in [0.4, 0.5) is 34.1 Å². The molecule has 10 aromatic carbocycles. The molecule has 3 heteroatoms. The van der Waals surface area contributed by atoms with Gasteiger partial charge in [-0.3, -0.25) is 0 Å². The average Bonchev–Trinajstić information content (AvgIpc) is 3.99. The molecule has 11 aromatic rings. The van der Waals surface area contributed by atoms with Gasteiger partial charge in [0.05, 0.1) is 16.5 Å². The third kappa shape index (κ3) is 5.84. The molecule has 0 N–H and O–H groups in total. The van der Waals surface area contributed by atoms with Gasteiger partial charge in [-0.15, -0.1) is 0 Å². The van der Waals surface area contributed by atoms with E-state index in [1.165, 1.54) is 55.6 Å². The molecule has 13 rings (SSSR count). The third-order valence-corrected chi connectivity index (χ3v) is 14.5. The molecule has 0 saturated carbocycles. The topological polar surface area (TPSA) is 19.6 Å². The highest BCUT2D eigenvalue weighted by atomic mass is 16.3. The van der Waals surface area contributed by atoms with E-state index in [4.69, 9.17) is 4.42 Å². The highest BCUT2D eigenvalue weighted by molar-refractivity contribution is 6.13. The molecule has 0 spiro atoms. The van der Waals surface area contributed by atoms with Crippen LogP contribution in [0.2, 0.25) is 0 Å². The molecular weight excluding hydrogens is 813 g/mol. The molecule has 0 bridgehead atoms. The van der Waals surface area contributed by atoms with Gasteiger partial charge in [-0.2, -0.15) is 0 Å². The number of fused-ring (bicyclic) bond motifs is 9. The smallest absolute Gasteiger partial charge is 0.137 e. The van der Waals surface area contributed by atoms with Crippen LogP contribution in [0.3, 0.4) is 0 Å². The Morgan fingerprint density at radius 3 is 1.52 bits per heavy atom. The van der Waals surface area contributed by atoms with E-state index >= 15 is 0 Å². The number of hydrogen-bond donors (Lipinski definition) is 0. The van der Waals surface area contributed by atoms with Crippen molar-refractivity contribution in [1.82, 2.24) is 0 Å². The number of hydrogen-bond acceptors (Lipinski definition) is 3. The summed E-state index contributed by atoms with van der Waals surface area (Å²) in [6.45, 7) is 4.71. The molecule has 0 fully saturated rings. The Morgan fingerprint density at radius 2 is 0.806 bits per heavy atom. The van der Waals surface area contributed by atoms with Gasteiger partial charge in [-0.05, 0) is 128 Å². The highest BCUT2D eigenvalue weighted by Crippen LogP contribution is 2.57. The minimum Gasteiger partial charge on any atom is -0.456 e. The summed E-state index contributed by atoms with van der Waals surface area (Å²) in [6, 6.07) is 88.7. The van der Waals surface area contributed by atoms with Crippen molar-refractivity contribution in [2.24, 2.45) is 0 Å². The van der Waals surface area contributed by atoms with Crippen molar-refractivity contribution in [3.8, 4) is 22.3 Å². The Kier molecular flexibility index (Phi) is 8.78. The van der Waals surface area contributed by atoms with Crippen molar-refractivity contribution in [3.63, 3.8) is 0 Å². The Labute approximate surface area is 391 Å². The van der Waals surface area contributed by atoms with E-state index in [2.05, 4.69) is 260 Å². The van der Waals surface area contributed by atoms with Crippen LogP contribution in [0.25, 0.3) is 44.2 Å². The van der Waals surface area contributed by atoms with Gasteiger partial charge in [0, 0.05) is 39.2 Å². The largest absolute Gasteiger partial charge is 0.456 e. The molecule has 2 aliphatic carbocycles. The first kappa shape index (κ1) is 39.0. The molecule has 0 unspecified atom stereocenters. The predicted molar refractivity (Wildman–Crippen MR) is 278 cm³/mol. The second kappa shape index (κ2) is 15.1. The van der Waals surface area contributed by atoms with Crippen LogP contribution in [-0.4, -0.2) is 0 Å². The second-order valence-corrected chi connectivity index (χ2v) is 18.4. The standard InChI is InChI=1S/C64H46N2O/c1-63(2)55-29-13-9-25-50(55)53-40-39-49(42-58(53)63)66(59-32-18-34-61-62(59)54-28-12-16-33-60(54)67-61)48-24-17-23-47(41-48)65(45-21-7-4-8-22-45)46-37-35-44(36-38-46)64(43-19-5-3-6-20-43)56-30-14-10-26-51(56)52-27-11-15-31-57(52)64/h3-42H,1-2H3. The Bertz CT molecular complexity index is 3630. The number of para-hydroxylation sites is 2. The van der Waals surface area contributed by atoms with Gasteiger partial charge in [0.2, 0.25) is 0 Å². The lowest BCUT2D eigenvalue weighted by atomic mass is 9.68. The molecule has 67 heavy (non-hydrogen) atoms. The second-order valence-electron chi connectivity index (χ2n) is 18.4. The monoisotopic (exact) mass is 858 g/mol. The first-order valence-corrected chi connectivity index (χ1v) is 23.3. The van der Waals surface area contributed by atoms with Crippen LogP contribution >= 0.6 is 0 Å². The van der Waals surface area contributed by atoms with Crippen LogP contribution in [0, 0.1) is 0 Å². The molecule has 318 valence electrons. The average molecular weight is 859 g/mol. The van der Waals surface area contributed by atoms with E-state index in [0.717, 1.165) is 56.1 Å². The van der Waals surface area contributed by atoms with Crippen LogP contribution in [0.15, 0.2) is 247 Å². The quantitative estimate of drug-likeness (QED) is 0.152. The minimum atomic E-state index is -0.477. The predicted octanol–water partition coefficient (Wildman–Crippen LogP) is 17.2. The fourth-order valence-corrected chi connectivity index (χ4v) is 11.6. The molecule has 0 aliphatic heterocycles. The Hall–Kier alpha value is -8.40. The third-order valence-electron chi connectivity index (χ3n) is 14.5. The summed E-state index contributed by atoms with van der Waals surface area (Å²) in [5, 5.41) is 2.18. The van der Waals surface area contributed by atoms with Crippen molar-refractivity contribution in [2.45, 2.75) is 24.7 Å². The van der Waals surface area contributed by atoms with Crippen molar-refractivity contribution in [3.05, 3.63) is 276 Å². The van der Waals surface area contributed by atoms with Crippen LogP contribution in [-0.2, 0) is 10.8 Å². The maximum Gasteiger partial charge on any atom is 0.137 e. The van der Waals surface area contributed by atoms with Gasteiger partial charge in [-0.25, -0.2) is 0 Å². The molecule has 3 nitrogen and oxygen atoms in total. The summed E-state index contributed by atoms with van der Waals surface area (Å²) in [4.78, 5) is 4.81. The van der Waals surface area contributed by atoms with E-state index in [9.17, 15) is 0 Å². The van der Waals surface area contributed by atoms with Crippen LogP contribution in [0.5, 0.6) is 0 Å². The molecule has 0 radical (unpaired) electrons. The van der Waals surface area contributed by atoms with Crippen molar-refractivity contribution < 1.29 is 4.42 Å². The minimum absolute atomic E-state index is 0.165. The van der Waals surface area contributed by atoms with Crippen molar-refractivity contribution >= 4 is 56.1 Å². The lowest BCUT2D eigenvalue weighted by Gasteiger charge is -2.34. The number of nitrogens with zero attached hydrogens (tertiary/aromatic N) is 2. The first-order chi connectivity index (χ1) is 33.0. The van der Waals surface area contributed by atoms with Gasteiger partial charge in [-0.1, -0.05) is 184 Å². The lowest BCUT2D eigenvalue weighted by Crippen LogP contribution is -2.28. The zero-order valence-corrected chi connectivity index (χ0v) is 37.4. The van der Waals surface area contributed by atoms with E-state index in [1.807, 2.05) is 6.07 Å². The zero-order chi connectivity index (χ0) is 44.7. The SMILES string of the molecule is CC1(C)c2ccccc2-c2ccc(N(c3cccc(N(c4ccccc4)c4ccc(C5(c6ccccc6)c6ccccc6-c6ccccc65)cc4)c3)c3cccc4oc5ccccc5c34)cc21. The van der Waals surface area contributed by atoms with Crippen LogP contribution < -0.4 is 9.80 Å². The van der Waals surface area contributed by atoms with E-state index in [0.29, 0.717) is 0 Å². The molecule has 1 heterocycles. The molecule has 0 amide bonds.